The van der Waals surface area contributed by atoms with E-state index < -0.39 is 0 Å². The third-order valence-electron chi connectivity index (χ3n) is 3.75. The first-order chi connectivity index (χ1) is 8.64. The molecule has 1 aliphatic rings. The maximum absolute atomic E-state index is 12.2. The normalized spacial score (nSPS) is 20.4. The summed E-state index contributed by atoms with van der Waals surface area (Å²) in [6, 6.07) is 2.05. The van der Waals surface area contributed by atoms with Crippen LogP contribution in [0.1, 0.15) is 66.7 Å². The van der Waals surface area contributed by atoms with Gasteiger partial charge in [0.1, 0.15) is 6.04 Å². The molecule has 0 aromatic rings. The Balaban J connectivity index is 2.48. The lowest BCUT2D eigenvalue weighted by atomic mass is 9.74. The lowest BCUT2D eigenvalue weighted by Gasteiger charge is -2.33. The number of likely N-dealkylation sites (tertiary alicyclic amines) is 1. The Morgan fingerprint density at radius 1 is 1.32 bits per heavy atom. The van der Waals surface area contributed by atoms with E-state index in [0.29, 0.717) is 6.42 Å². The second-order valence-corrected chi connectivity index (χ2v) is 7.78. The van der Waals surface area contributed by atoms with Crippen LogP contribution in [0.25, 0.3) is 0 Å². The van der Waals surface area contributed by atoms with Crippen LogP contribution < -0.4 is 0 Å². The number of carbonyl (C=O) groups is 1. The molecule has 0 N–H and O–H groups in total. The maximum atomic E-state index is 12.2. The average Bonchev–Trinajstić information content (AvgIpc) is 2.70. The van der Waals surface area contributed by atoms with Gasteiger partial charge in [-0.05, 0) is 36.5 Å². The zero-order valence-electron chi connectivity index (χ0n) is 13.1. The van der Waals surface area contributed by atoms with Gasteiger partial charge in [0.05, 0.1) is 6.07 Å². The fraction of sp³-hybridized carbons (Fsp3) is 0.875. The van der Waals surface area contributed by atoms with Gasteiger partial charge >= 0.3 is 0 Å². The fourth-order valence-electron chi connectivity index (χ4n) is 3.31. The summed E-state index contributed by atoms with van der Waals surface area (Å²) in [5, 5.41) is 9.02. The van der Waals surface area contributed by atoms with Crippen molar-refractivity contribution in [3.63, 3.8) is 0 Å². The summed E-state index contributed by atoms with van der Waals surface area (Å²) in [5.41, 5.74) is 0.463. The van der Waals surface area contributed by atoms with Crippen LogP contribution in [-0.4, -0.2) is 23.4 Å². The zero-order chi connectivity index (χ0) is 14.7. The highest BCUT2D eigenvalue weighted by Crippen LogP contribution is 2.36. The predicted octanol–water partition coefficient (Wildman–Crippen LogP) is 3.74. The largest absolute Gasteiger partial charge is 0.327 e. The first-order valence-corrected chi connectivity index (χ1v) is 7.34. The summed E-state index contributed by atoms with van der Waals surface area (Å²) in [6.45, 7) is 11.9. The van der Waals surface area contributed by atoms with E-state index in [0.717, 1.165) is 32.2 Å². The molecule has 108 valence electrons. The summed E-state index contributed by atoms with van der Waals surface area (Å²) in [4.78, 5) is 14.0. The van der Waals surface area contributed by atoms with Crippen LogP contribution >= 0.6 is 0 Å². The van der Waals surface area contributed by atoms with Gasteiger partial charge in [-0.15, -0.1) is 0 Å². The van der Waals surface area contributed by atoms with Crippen LogP contribution in [0.4, 0.5) is 0 Å². The third kappa shape index (κ3) is 5.22. The Kier molecular flexibility index (Phi) is 5.01. The molecule has 0 saturated carbocycles. The Morgan fingerprint density at radius 2 is 1.95 bits per heavy atom. The van der Waals surface area contributed by atoms with Crippen molar-refractivity contribution in [1.29, 1.82) is 5.26 Å². The molecule has 19 heavy (non-hydrogen) atoms. The summed E-state index contributed by atoms with van der Waals surface area (Å²) >= 11 is 0. The number of amides is 1. The molecule has 1 fully saturated rings. The van der Waals surface area contributed by atoms with Crippen LogP contribution in [0, 0.1) is 22.2 Å². The van der Waals surface area contributed by atoms with Gasteiger partial charge in [-0.1, -0.05) is 34.6 Å². The van der Waals surface area contributed by atoms with Gasteiger partial charge in [0.25, 0.3) is 0 Å². The number of rotatable bonds is 4. The molecule has 1 aliphatic heterocycles. The smallest absolute Gasteiger partial charge is 0.223 e. The van der Waals surface area contributed by atoms with Crippen LogP contribution in [0.2, 0.25) is 0 Å². The molecule has 0 aromatic heterocycles. The summed E-state index contributed by atoms with van der Waals surface area (Å²) < 4.78 is 0. The molecule has 0 aromatic carbocycles. The van der Waals surface area contributed by atoms with Crippen molar-refractivity contribution in [2.45, 2.75) is 72.8 Å². The number of nitrogens with zero attached hydrogens (tertiary/aromatic N) is 2. The Bertz CT molecular complexity index is 360. The second-order valence-electron chi connectivity index (χ2n) is 7.78. The molecule has 0 bridgehead atoms. The number of carbonyl (C=O) groups excluding carboxylic acids is 1. The second kappa shape index (κ2) is 5.94. The molecule has 1 atom stereocenters. The topological polar surface area (TPSA) is 44.1 Å². The average molecular weight is 264 g/mol. The molecular weight excluding hydrogens is 236 g/mol. The number of nitriles is 1. The van der Waals surface area contributed by atoms with Crippen LogP contribution in [-0.2, 0) is 4.79 Å². The highest BCUT2D eigenvalue weighted by molar-refractivity contribution is 5.77. The van der Waals surface area contributed by atoms with E-state index in [1.54, 1.807) is 4.90 Å². The molecule has 0 unspecified atom stereocenters. The molecule has 1 rings (SSSR count). The minimum Gasteiger partial charge on any atom is -0.327 e. The van der Waals surface area contributed by atoms with Gasteiger partial charge in [0.15, 0.2) is 0 Å². The lowest BCUT2D eigenvalue weighted by molar-refractivity contribution is -0.131. The first-order valence-electron chi connectivity index (χ1n) is 7.34. The fourth-order valence-corrected chi connectivity index (χ4v) is 3.31. The first kappa shape index (κ1) is 16.0. The monoisotopic (exact) mass is 264 g/mol. The molecule has 1 amide bonds. The number of hydrogen-bond acceptors (Lipinski definition) is 2. The Hall–Kier alpha value is -1.04. The highest BCUT2D eigenvalue weighted by Gasteiger charge is 2.31. The molecule has 1 saturated heterocycles. The summed E-state index contributed by atoms with van der Waals surface area (Å²) in [6.07, 6.45) is 4.39. The van der Waals surface area contributed by atoms with Gasteiger partial charge in [0.2, 0.25) is 5.91 Å². The standard InChI is InChI=1S/C16H28N2O/c1-15(2,3)12-16(4,5)9-8-14(19)18-10-6-7-13(18)11-17/h13H,6-10,12H2,1-5H3/t13-/m0/s1. The van der Waals surface area contributed by atoms with E-state index in [1.807, 2.05) is 0 Å². The van der Waals surface area contributed by atoms with Crippen molar-refractivity contribution in [2.75, 3.05) is 6.54 Å². The Morgan fingerprint density at radius 3 is 2.47 bits per heavy atom. The third-order valence-corrected chi connectivity index (χ3v) is 3.75. The van der Waals surface area contributed by atoms with Gasteiger partial charge in [0, 0.05) is 13.0 Å². The van der Waals surface area contributed by atoms with Gasteiger partial charge < -0.3 is 4.90 Å². The van der Waals surface area contributed by atoms with Crippen molar-refractivity contribution in [2.24, 2.45) is 10.8 Å². The van der Waals surface area contributed by atoms with Crippen molar-refractivity contribution >= 4 is 5.91 Å². The van der Waals surface area contributed by atoms with Gasteiger partial charge in [-0.2, -0.15) is 5.26 Å². The quantitative estimate of drug-likeness (QED) is 0.776. The van der Waals surface area contributed by atoms with Crippen molar-refractivity contribution in [3.05, 3.63) is 0 Å². The van der Waals surface area contributed by atoms with Crippen molar-refractivity contribution in [1.82, 2.24) is 4.90 Å². The minimum atomic E-state index is -0.182. The molecule has 0 radical (unpaired) electrons. The molecule has 3 nitrogen and oxygen atoms in total. The minimum absolute atomic E-state index is 0.158. The molecular formula is C16H28N2O. The van der Waals surface area contributed by atoms with E-state index in [9.17, 15) is 4.79 Å². The molecule has 3 heteroatoms. The predicted molar refractivity (Wildman–Crippen MR) is 77.4 cm³/mol. The highest BCUT2D eigenvalue weighted by atomic mass is 16.2. The Labute approximate surface area is 118 Å². The summed E-state index contributed by atoms with van der Waals surface area (Å²) in [5.74, 6) is 0.158. The molecule has 0 spiro atoms. The van der Waals surface area contributed by atoms with E-state index in [1.165, 1.54) is 0 Å². The van der Waals surface area contributed by atoms with E-state index in [-0.39, 0.29) is 22.8 Å². The van der Waals surface area contributed by atoms with Gasteiger partial charge in [-0.25, -0.2) is 0 Å². The van der Waals surface area contributed by atoms with Gasteiger partial charge in [-0.3, -0.25) is 4.79 Å². The molecule has 1 heterocycles. The molecule has 0 aliphatic carbocycles. The summed E-state index contributed by atoms with van der Waals surface area (Å²) in [7, 11) is 0. The lowest BCUT2D eigenvalue weighted by Crippen LogP contribution is -2.35. The van der Waals surface area contributed by atoms with Crippen molar-refractivity contribution in [3.8, 4) is 6.07 Å². The maximum Gasteiger partial charge on any atom is 0.223 e. The van der Waals surface area contributed by atoms with Crippen LogP contribution in [0.15, 0.2) is 0 Å². The van der Waals surface area contributed by atoms with E-state index in [4.69, 9.17) is 5.26 Å². The van der Waals surface area contributed by atoms with E-state index >= 15 is 0 Å². The van der Waals surface area contributed by atoms with Crippen LogP contribution in [0.3, 0.4) is 0 Å². The number of hydrogen-bond donors (Lipinski definition) is 0. The van der Waals surface area contributed by atoms with Crippen LogP contribution in [0.5, 0.6) is 0 Å². The zero-order valence-corrected chi connectivity index (χ0v) is 13.1. The van der Waals surface area contributed by atoms with E-state index in [2.05, 4.69) is 40.7 Å². The SMILES string of the molecule is CC(C)(C)CC(C)(C)CCC(=O)N1CCC[C@H]1C#N. The van der Waals surface area contributed by atoms with Crippen molar-refractivity contribution < 1.29 is 4.79 Å².